The van der Waals surface area contributed by atoms with Gasteiger partial charge in [0.1, 0.15) is 0 Å². The fourth-order valence-corrected chi connectivity index (χ4v) is 0.818. The predicted octanol–water partition coefficient (Wildman–Crippen LogP) is -0.474. The fourth-order valence-electron chi connectivity index (χ4n) is 0.818. The Morgan fingerprint density at radius 1 is 1.00 bits per heavy atom. The molecule has 14 heavy (non-hydrogen) atoms. The second-order valence-electron chi connectivity index (χ2n) is 2.57. The first kappa shape index (κ1) is 12.0. The molecule has 0 amide bonds. The van der Waals surface area contributed by atoms with Gasteiger partial charge in [-0.05, 0) is 5.18 Å². The van der Waals surface area contributed by atoms with Crippen LogP contribution in [-0.4, -0.2) is 38.8 Å². The van der Waals surface area contributed by atoms with Crippen LogP contribution in [-0.2, 0) is 14.4 Å². The molecule has 0 unspecified atom stereocenters. The zero-order valence-electron chi connectivity index (χ0n) is 6.84. The number of nitrogens with zero attached hydrogens (tertiary/aromatic N) is 1. The third kappa shape index (κ3) is 2.81. The van der Waals surface area contributed by atoms with Crippen molar-refractivity contribution in [3.8, 4) is 0 Å². The van der Waals surface area contributed by atoms with Crippen LogP contribution in [0.2, 0.25) is 0 Å². The summed E-state index contributed by atoms with van der Waals surface area (Å²) in [6.07, 6.45) is -2.31. The summed E-state index contributed by atoms with van der Waals surface area (Å²) >= 11 is 0. The number of nitroso groups, excluding NO2 is 1. The SMILES string of the molecule is O=NC(CC(=O)O)(CC(=O)O)C(=O)O. The molecule has 0 aliphatic heterocycles. The van der Waals surface area contributed by atoms with Gasteiger partial charge in [0, 0.05) is 0 Å². The van der Waals surface area contributed by atoms with Crippen LogP contribution in [0, 0.1) is 4.91 Å². The lowest BCUT2D eigenvalue weighted by Gasteiger charge is -2.16. The van der Waals surface area contributed by atoms with Crippen molar-refractivity contribution >= 4 is 17.9 Å². The Labute approximate surface area is 77.1 Å². The Hall–Kier alpha value is -1.99. The van der Waals surface area contributed by atoms with Crippen molar-refractivity contribution in [2.75, 3.05) is 0 Å². The van der Waals surface area contributed by atoms with Gasteiger partial charge in [0.25, 0.3) is 0 Å². The summed E-state index contributed by atoms with van der Waals surface area (Å²) < 4.78 is 0. The largest absolute Gasteiger partial charge is 0.481 e. The first-order chi connectivity index (χ1) is 6.34. The molecular weight excluding hydrogens is 198 g/mol. The van der Waals surface area contributed by atoms with E-state index in [0.717, 1.165) is 0 Å². The van der Waals surface area contributed by atoms with Crippen LogP contribution in [0.1, 0.15) is 12.8 Å². The summed E-state index contributed by atoms with van der Waals surface area (Å²) in [6.45, 7) is 0. The Balaban J connectivity index is 4.97. The highest BCUT2D eigenvalue weighted by Gasteiger charge is 2.45. The topological polar surface area (TPSA) is 141 Å². The number of carboxylic acid groups (broad SMARTS) is 3. The molecule has 0 bridgehead atoms. The van der Waals surface area contributed by atoms with Crippen molar-refractivity contribution in [1.29, 1.82) is 0 Å². The van der Waals surface area contributed by atoms with Crippen LogP contribution in [0.5, 0.6) is 0 Å². The average Bonchev–Trinajstić information content (AvgIpc) is 2.00. The molecule has 0 rings (SSSR count). The first-order valence-corrected chi connectivity index (χ1v) is 3.35. The van der Waals surface area contributed by atoms with Gasteiger partial charge in [-0.15, -0.1) is 4.91 Å². The van der Waals surface area contributed by atoms with Crippen LogP contribution in [0.15, 0.2) is 5.18 Å². The van der Waals surface area contributed by atoms with E-state index in [9.17, 15) is 19.3 Å². The number of carboxylic acids is 3. The maximum Gasteiger partial charge on any atom is 0.336 e. The van der Waals surface area contributed by atoms with Crippen LogP contribution >= 0.6 is 0 Å². The molecule has 8 nitrogen and oxygen atoms in total. The summed E-state index contributed by atoms with van der Waals surface area (Å²) in [6, 6.07) is 0. The summed E-state index contributed by atoms with van der Waals surface area (Å²) in [4.78, 5) is 41.1. The molecule has 0 aliphatic carbocycles. The predicted molar refractivity (Wildman–Crippen MR) is 40.7 cm³/mol. The molecule has 0 aromatic rings. The van der Waals surface area contributed by atoms with Gasteiger partial charge >= 0.3 is 17.9 Å². The minimum absolute atomic E-state index is 1.15. The molecule has 78 valence electrons. The molecular formula is C6H7NO7. The Morgan fingerprint density at radius 2 is 1.36 bits per heavy atom. The summed E-state index contributed by atoms with van der Waals surface area (Å²) in [5.74, 6) is -5.07. The average molecular weight is 205 g/mol. The first-order valence-electron chi connectivity index (χ1n) is 3.35. The van der Waals surface area contributed by atoms with E-state index in [4.69, 9.17) is 15.3 Å². The van der Waals surface area contributed by atoms with Crippen LogP contribution < -0.4 is 0 Å². The highest BCUT2D eigenvalue weighted by Crippen LogP contribution is 2.21. The van der Waals surface area contributed by atoms with Gasteiger partial charge in [0.15, 0.2) is 0 Å². The number of aliphatic carboxylic acids is 3. The van der Waals surface area contributed by atoms with Gasteiger partial charge in [-0.3, -0.25) is 9.59 Å². The summed E-state index contributed by atoms with van der Waals surface area (Å²) in [5, 5.41) is 27.2. The zero-order chi connectivity index (χ0) is 11.4. The summed E-state index contributed by atoms with van der Waals surface area (Å²) in [5.41, 5.74) is -2.63. The smallest absolute Gasteiger partial charge is 0.336 e. The molecule has 0 radical (unpaired) electrons. The molecule has 0 atom stereocenters. The van der Waals surface area contributed by atoms with E-state index in [1.165, 1.54) is 0 Å². The van der Waals surface area contributed by atoms with E-state index in [1.54, 1.807) is 0 Å². The van der Waals surface area contributed by atoms with Crippen LogP contribution in [0.25, 0.3) is 0 Å². The van der Waals surface area contributed by atoms with Gasteiger partial charge in [-0.25, -0.2) is 4.79 Å². The quantitative estimate of drug-likeness (QED) is 0.497. The van der Waals surface area contributed by atoms with Crippen LogP contribution in [0.3, 0.4) is 0 Å². The van der Waals surface area contributed by atoms with Gasteiger partial charge in [-0.1, -0.05) is 0 Å². The maximum atomic E-state index is 10.5. The molecule has 0 heterocycles. The minimum atomic E-state index is -2.63. The minimum Gasteiger partial charge on any atom is -0.481 e. The molecule has 0 spiro atoms. The van der Waals surface area contributed by atoms with Crippen molar-refractivity contribution in [1.82, 2.24) is 0 Å². The van der Waals surface area contributed by atoms with E-state index in [1.807, 2.05) is 0 Å². The number of rotatable bonds is 6. The normalized spacial score (nSPS) is 10.6. The van der Waals surface area contributed by atoms with E-state index < -0.39 is 36.3 Å². The number of carbonyl (C=O) groups is 3. The Kier molecular flexibility index (Phi) is 3.69. The standard InChI is InChI=1S/C6H7NO7/c8-3(9)1-6(7-14,5(12)13)2-4(10)11/h1-2H2,(H,8,9)(H,10,11)(H,12,13). The zero-order valence-corrected chi connectivity index (χ0v) is 6.84. The lowest BCUT2D eigenvalue weighted by molar-refractivity contribution is -0.153. The van der Waals surface area contributed by atoms with E-state index >= 15 is 0 Å². The lowest BCUT2D eigenvalue weighted by atomic mass is 9.92. The fraction of sp³-hybridized carbons (Fsp3) is 0.500. The molecule has 8 heteroatoms. The molecule has 0 aromatic carbocycles. The van der Waals surface area contributed by atoms with E-state index in [2.05, 4.69) is 5.18 Å². The maximum absolute atomic E-state index is 10.5. The third-order valence-corrected chi connectivity index (χ3v) is 1.46. The van der Waals surface area contributed by atoms with Gasteiger partial charge in [0.05, 0.1) is 12.8 Å². The van der Waals surface area contributed by atoms with Crippen molar-refractivity contribution in [2.24, 2.45) is 5.18 Å². The second-order valence-corrected chi connectivity index (χ2v) is 2.57. The molecule has 0 aliphatic rings. The second kappa shape index (κ2) is 4.30. The third-order valence-electron chi connectivity index (χ3n) is 1.46. The van der Waals surface area contributed by atoms with Crippen molar-refractivity contribution in [2.45, 2.75) is 18.4 Å². The Bertz CT molecular complexity index is 268. The van der Waals surface area contributed by atoms with E-state index in [0.29, 0.717) is 0 Å². The molecule has 0 saturated heterocycles. The number of hydrogen-bond acceptors (Lipinski definition) is 5. The van der Waals surface area contributed by atoms with Crippen molar-refractivity contribution < 1.29 is 29.7 Å². The molecule has 0 saturated carbocycles. The molecule has 3 N–H and O–H groups in total. The molecule has 0 aromatic heterocycles. The van der Waals surface area contributed by atoms with E-state index in [-0.39, 0.29) is 0 Å². The summed E-state index contributed by atoms with van der Waals surface area (Å²) in [7, 11) is 0. The van der Waals surface area contributed by atoms with Crippen LogP contribution in [0.4, 0.5) is 0 Å². The van der Waals surface area contributed by atoms with Gasteiger partial charge in [0.2, 0.25) is 5.54 Å². The van der Waals surface area contributed by atoms with Crippen molar-refractivity contribution in [3.63, 3.8) is 0 Å². The van der Waals surface area contributed by atoms with Crippen molar-refractivity contribution in [3.05, 3.63) is 4.91 Å². The highest BCUT2D eigenvalue weighted by atomic mass is 16.4. The monoisotopic (exact) mass is 205 g/mol. The number of hydrogen-bond donors (Lipinski definition) is 3. The Morgan fingerprint density at radius 3 is 1.50 bits per heavy atom. The van der Waals surface area contributed by atoms with Gasteiger partial charge in [-0.2, -0.15) is 0 Å². The lowest BCUT2D eigenvalue weighted by Crippen LogP contribution is -2.40. The highest BCUT2D eigenvalue weighted by molar-refractivity contribution is 5.89. The van der Waals surface area contributed by atoms with Gasteiger partial charge < -0.3 is 15.3 Å². The molecule has 0 fully saturated rings.